The zero-order valence-electron chi connectivity index (χ0n) is 11.0. The van der Waals surface area contributed by atoms with Gasteiger partial charge in [-0.05, 0) is 42.2 Å². The highest BCUT2D eigenvalue weighted by Gasteiger charge is 2.02. The summed E-state index contributed by atoms with van der Waals surface area (Å²) in [5, 5.41) is 13.0. The van der Waals surface area contributed by atoms with Gasteiger partial charge in [0.2, 0.25) is 0 Å². The van der Waals surface area contributed by atoms with Crippen LogP contribution in [0.1, 0.15) is 5.56 Å². The van der Waals surface area contributed by atoms with E-state index in [2.05, 4.69) is 23.7 Å². The minimum absolute atomic E-state index is 0.166. The Kier molecular flexibility index (Phi) is 4.58. The summed E-state index contributed by atoms with van der Waals surface area (Å²) in [5.41, 5.74) is 2.08. The molecule has 0 heterocycles. The minimum atomic E-state index is 0.166. The number of thioether (sulfide) groups is 1. The second kappa shape index (κ2) is 6.38. The van der Waals surface area contributed by atoms with Crippen LogP contribution in [0.2, 0.25) is 0 Å². The van der Waals surface area contributed by atoms with E-state index in [1.165, 1.54) is 4.90 Å². The molecule has 2 aromatic rings. The Labute approximate surface area is 117 Å². The summed E-state index contributed by atoms with van der Waals surface area (Å²) in [6.45, 7) is 0.662. The average Bonchev–Trinajstić information content (AvgIpc) is 2.45. The lowest BCUT2D eigenvalue weighted by atomic mass is 10.2. The van der Waals surface area contributed by atoms with Gasteiger partial charge >= 0.3 is 0 Å². The number of phenols is 1. The molecule has 0 aliphatic carbocycles. The highest BCUT2D eigenvalue weighted by molar-refractivity contribution is 7.98. The number of hydrogen-bond acceptors (Lipinski definition) is 4. The van der Waals surface area contributed by atoms with Crippen molar-refractivity contribution in [3.8, 4) is 11.5 Å². The van der Waals surface area contributed by atoms with Gasteiger partial charge in [-0.25, -0.2) is 0 Å². The standard InChI is InChI=1S/C15H17NO2S/c1-18-15-7-6-11(8-14(15)17)10-16-12-4-3-5-13(9-12)19-2/h3-9,16-17H,10H2,1-2H3. The van der Waals surface area contributed by atoms with Crippen molar-refractivity contribution in [3.05, 3.63) is 48.0 Å². The maximum absolute atomic E-state index is 9.71. The minimum Gasteiger partial charge on any atom is -0.504 e. The van der Waals surface area contributed by atoms with Crippen LogP contribution in [-0.4, -0.2) is 18.5 Å². The molecule has 19 heavy (non-hydrogen) atoms. The maximum Gasteiger partial charge on any atom is 0.160 e. The second-order valence-electron chi connectivity index (χ2n) is 4.09. The SMILES string of the molecule is COc1ccc(CNc2cccc(SC)c2)cc1O. The number of aromatic hydroxyl groups is 1. The summed E-state index contributed by atoms with van der Waals surface area (Å²) in [6.07, 6.45) is 2.06. The summed E-state index contributed by atoms with van der Waals surface area (Å²) in [6, 6.07) is 13.7. The molecular formula is C15H17NO2S. The third kappa shape index (κ3) is 3.58. The summed E-state index contributed by atoms with van der Waals surface area (Å²) in [4.78, 5) is 1.22. The maximum atomic E-state index is 9.71. The molecule has 0 atom stereocenters. The first-order chi connectivity index (χ1) is 9.22. The van der Waals surface area contributed by atoms with Crippen LogP contribution in [0, 0.1) is 0 Å². The first kappa shape index (κ1) is 13.6. The lowest BCUT2D eigenvalue weighted by Crippen LogP contribution is -1.99. The van der Waals surface area contributed by atoms with E-state index in [1.54, 1.807) is 31.0 Å². The van der Waals surface area contributed by atoms with Crippen molar-refractivity contribution >= 4 is 17.4 Å². The largest absolute Gasteiger partial charge is 0.504 e. The molecule has 2 aromatic carbocycles. The Hall–Kier alpha value is -1.81. The van der Waals surface area contributed by atoms with Gasteiger partial charge in [-0.2, -0.15) is 0 Å². The molecule has 2 N–H and O–H groups in total. The fraction of sp³-hybridized carbons (Fsp3) is 0.200. The number of rotatable bonds is 5. The van der Waals surface area contributed by atoms with Crippen molar-refractivity contribution in [2.24, 2.45) is 0 Å². The van der Waals surface area contributed by atoms with Gasteiger partial charge in [0.1, 0.15) is 0 Å². The highest BCUT2D eigenvalue weighted by Crippen LogP contribution is 2.26. The predicted octanol–water partition coefficient (Wildman–Crippen LogP) is 3.73. The van der Waals surface area contributed by atoms with Crippen LogP contribution >= 0.6 is 11.8 Å². The van der Waals surface area contributed by atoms with Crippen LogP contribution in [0.4, 0.5) is 5.69 Å². The predicted molar refractivity (Wildman–Crippen MR) is 80.2 cm³/mol. The molecule has 3 nitrogen and oxygen atoms in total. The summed E-state index contributed by atoms with van der Waals surface area (Å²) < 4.78 is 5.02. The molecule has 0 amide bonds. The molecule has 0 radical (unpaired) electrons. The zero-order chi connectivity index (χ0) is 13.7. The molecule has 0 aromatic heterocycles. The molecule has 4 heteroatoms. The Morgan fingerprint density at radius 2 is 2.05 bits per heavy atom. The lowest BCUT2D eigenvalue weighted by Gasteiger charge is -2.09. The summed E-state index contributed by atoms with van der Waals surface area (Å²) >= 11 is 1.72. The van der Waals surface area contributed by atoms with Crippen LogP contribution in [0.25, 0.3) is 0 Å². The first-order valence-electron chi connectivity index (χ1n) is 5.96. The van der Waals surface area contributed by atoms with Gasteiger partial charge < -0.3 is 15.2 Å². The molecule has 0 aliphatic heterocycles. The van der Waals surface area contributed by atoms with E-state index in [0.29, 0.717) is 12.3 Å². The fourth-order valence-electron chi connectivity index (χ4n) is 1.78. The van der Waals surface area contributed by atoms with Crippen LogP contribution in [0.15, 0.2) is 47.4 Å². The number of ether oxygens (including phenoxy) is 1. The number of anilines is 1. The zero-order valence-corrected chi connectivity index (χ0v) is 11.8. The molecule has 0 bridgehead atoms. The van der Waals surface area contributed by atoms with Crippen molar-refractivity contribution < 1.29 is 9.84 Å². The van der Waals surface area contributed by atoms with Gasteiger partial charge in [-0.15, -0.1) is 11.8 Å². The molecule has 0 aliphatic rings. The molecule has 0 saturated carbocycles. The van der Waals surface area contributed by atoms with Crippen LogP contribution in [0.3, 0.4) is 0 Å². The van der Waals surface area contributed by atoms with E-state index < -0.39 is 0 Å². The molecular weight excluding hydrogens is 258 g/mol. The smallest absolute Gasteiger partial charge is 0.160 e. The van der Waals surface area contributed by atoms with Gasteiger partial charge in [-0.1, -0.05) is 12.1 Å². The average molecular weight is 275 g/mol. The van der Waals surface area contributed by atoms with Crippen molar-refractivity contribution in [1.82, 2.24) is 0 Å². The van der Waals surface area contributed by atoms with Gasteiger partial charge in [-0.3, -0.25) is 0 Å². The number of hydrogen-bond donors (Lipinski definition) is 2. The number of nitrogens with one attached hydrogen (secondary N) is 1. The number of methoxy groups -OCH3 is 1. The molecule has 0 unspecified atom stereocenters. The normalized spacial score (nSPS) is 10.2. The topological polar surface area (TPSA) is 41.5 Å². The Morgan fingerprint density at radius 1 is 1.21 bits per heavy atom. The molecule has 0 spiro atoms. The van der Waals surface area contributed by atoms with Crippen molar-refractivity contribution in [3.63, 3.8) is 0 Å². The van der Waals surface area contributed by atoms with Gasteiger partial charge in [0.25, 0.3) is 0 Å². The van der Waals surface area contributed by atoms with E-state index >= 15 is 0 Å². The van der Waals surface area contributed by atoms with E-state index in [4.69, 9.17) is 4.74 Å². The van der Waals surface area contributed by atoms with E-state index in [0.717, 1.165) is 11.3 Å². The third-order valence-corrected chi connectivity index (χ3v) is 3.53. The monoisotopic (exact) mass is 275 g/mol. The van der Waals surface area contributed by atoms with Gasteiger partial charge in [0.05, 0.1) is 7.11 Å². The van der Waals surface area contributed by atoms with E-state index in [-0.39, 0.29) is 5.75 Å². The molecule has 0 fully saturated rings. The van der Waals surface area contributed by atoms with E-state index in [9.17, 15) is 5.11 Å². The van der Waals surface area contributed by atoms with Crippen LogP contribution in [0.5, 0.6) is 11.5 Å². The van der Waals surface area contributed by atoms with E-state index in [1.807, 2.05) is 18.2 Å². The Balaban J connectivity index is 2.03. The second-order valence-corrected chi connectivity index (χ2v) is 4.97. The number of phenolic OH excluding ortho intramolecular Hbond substituents is 1. The van der Waals surface area contributed by atoms with Crippen molar-refractivity contribution in [2.45, 2.75) is 11.4 Å². The number of benzene rings is 2. The molecule has 0 saturated heterocycles. The van der Waals surface area contributed by atoms with Crippen molar-refractivity contribution in [1.29, 1.82) is 0 Å². The Bertz CT molecular complexity index is 558. The van der Waals surface area contributed by atoms with Crippen LogP contribution < -0.4 is 10.1 Å². The Morgan fingerprint density at radius 3 is 2.74 bits per heavy atom. The quantitative estimate of drug-likeness (QED) is 0.816. The molecule has 100 valence electrons. The summed E-state index contributed by atoms with van der Waals surface area (Å²) in [7, 11) is 1.54. The molecule has 2 rings (SSSR count). The highest BCUT2D eigenvalue weighted by atomic mass is 32.2. The first-order valence-corrected chi connectivity index (χ1v) is 7.19. The fourth-order valence-corrected chi connectivity index (χ4v) is 2.24. The summed E-state index contributed by atoms with van der Waals surface area (Å²) in [5.74, 6) is 0.660. The third-order valence-electron chi connectivity index (χ3n) is 2.81. The lowest BCUT2D eigenvalue weighted by molar-refractivity contribution is 0.373. The van der Waals surface area contributed by atoms with Crippen molar-refractivity contribution in [2.75, 3.05) is 18.7 Å². The van der Waals surface area contributed by atoms with Gasteiger partial charge in [0.15, 0.2) is 11.5 Å². The van der Waals surface area contributed by atoms with Gasteiger partial charge in [0, 0.05) is 17.1 Å². The van der Waals surface area contributed by atoms with Crippen LogP contribution in [-0.2, 0) is 6.54 Å².